The number of hydrogen-bond donors (Lipinski definition) is 2. The Morgan fingerprint density at radius 2 is 1.88 bits per heavy atom. The summed E-state index contributed by atoms with van der Waals surface area (Å²) in [4.78, 5) is 14.3. The molecule has 0 bridgehead atoms. The Kier molecular flexibility index (Phi) is 3.65. The summed E-state index contributed by atoms with van der Waals surface area (Å²) in [6.45, 7) is 2.14. The number of fused-ring (bicyclic) bond motifs is 1. The number of ether oxygens (including phenoxy) is 1. The number of hydrogen-bond acceptors (Lipinski definition) is 2. The summed E-state index contributed by atoms with van der Waals surface area (Å²) in [6.07, 6.45) is 10.0. The minimum Gasteiger partial charge on any atom is -0.478 e. The van der Waals surface area contributed by atoms with Gasteiger partial charge < -0.3 is 14.8 Å². The molecule has 124 valence electrons. The predicted octanol–water partition coefficient (Wildman–Crippen LogP) is 4.77. The van der Waals surface area contributed by atoms with Crippen LogP contribution in [0.3, 0.4) is 0 Å². The molecule has 1 aliphatic heterocycles. The maximum atomic E-state index is 11.0. The highest BCUT2D eigenvalue weighted by molar-refractivity contribution is 5.88. The first kappa shape index (κ1) is 15.3. The second-order valence-corrected chi connectivity index (χ2v) is 6.16. The van der Waals surface area contributed by atoms with Crippen LogP contribution in [-0.2, 0) is 4.74 Å². The summed E-state index contributed by atoms with van der Waals surface area (Å²) in [6, 6.07) is 10.8. The fourth-order valence-corrected chi connectivity index (χ4v) is 3.04. The number of aromatic amines is 1. The molecular weight excluding hydrogens is 314 g/mol. The zero-order valence-electron chi connectivity index (χ0n) is 13.7. The minimum absolute atomic E-state index is 0.280. The molecule has 4 heteroatoms. The third-order valence-corrected chi connectivity index (χ3v) is 4.49. The van der Waals surface area contributed by atoms with E-state index in [1.54, 1.807) is 30.5 Å². The van der Waals surface area contributed by atoms with E-state index in [0.29, 0.717) is 5.92 Å². The van der Waals surface area contributed by atoms with Gasteiger partial charge in [-0.1, -0.05) is 31.2 Å². The van der Waals surface area contributed by atoms with Crippen LogP contribution in [0.25, 0.3) is 16.8 Å². The van der Waals surface area contributed by atoms with Crippen molar-refractivity contribution < 1.29 is 14.6 Å². The number of carboxylic acid groups (broad SMARTS) is 1. The van der Waals surface area contributed by atoms with Crippen molar-refractivity contribution in [3.63, 3.8) is 0 Å². The number of nitrogens with one attached hydrogen (secondary N) is 1. The average molecular weight is 331 g/mol. The zero-order valence-corrected chi connectivity index (χ0v) is 13.7. The maximum Gasteiger partial charge on any atom is 0.335 e. The van der Waals surface area contributed by atoms with Gasteiger partial charge in [-0.2, -0.15) is 0 Å². The lowest BCUT2D eigenvalue weighted by atomic mass is 9.91. The summed E-state index contributed by atoms with van der Waals surface area (Å²) < 4.78 is 5.77. The van der Waals surface area contributed by atoms with Gasteiger partial charge in [0.2, 0.25) is 0 Å². The summed E-state index contributed by atoms with van der Waals surface area (Å²) in [5.41, 5.74) is 5.28. The Labute approximate surface area is 145 Å². The number of benzene rings is 1. The van der Waals surface area contributed by atoms with Gasteiger partial charge in [0, 0.05) is 28.5 Å². The van der Waals surface area contributed by atoms with E-state index < -0.39 is 5.97 Å². The molecule has 0 saturated carbocycles. The molecule has 2 aromatic rings. The van der Waals surface area contributed by atoms with Crippen molar-refractivity contribution in [1.29, 1.82) is 0 Å². The van der Waals surface area contributed by atoms with Crippen LogP contribution in [0.1, 0.15) is 23.0 Å². The number of carbonyl (C=O) groups is 1. The van der Waals surface area contributed by atoms with E-state index in [1.165, 1.54) is 5.57 Å². The quantitative estimate of drug-likeness (QED) is 0.852. The monoisotopic (exact) mass is 331 g/mol. The minimum atomic E-state index is -0.922. The number of aromatic nitrogens is 1. The highest BCUT2D eigenvalue weighted by Gasteiger charge is 2.20. The molecule has 1 unspecified atom stereocenters. The van der Waals surface area contributed by atoms with Crippen molar-refractivity contribution in [2.45, 2.75) is 6.92 Å². The normalized spacial score (nSPS) is 18.6. The van der Waals surface area contributed by atoms with Crippen molar-refractivity contribution >= 4 is 11.5 Å². The molecule has 1 aromatic carbocycles. The van der Waals surface area contributed by atoms with E-state index in [1.807, 2.05) is 24.3 Å². The lowest BCUT2D eigenvalue weighted by Gasteiger charge is -2.22. The molecule has 0 radical (unpaired) electrons. The lowest BCUT2D eigenvalue weighted by Crippen LogP contribution is -2.08. The highest BCUT2D eigenvalue weighted by Crippen LogP contribution is 2.34. The van der Waals surface area contributed by atoms with E-state index >= 15 is 0 Å². The van der Waals surface area contributed by atoms with Crippen molar-refractivity contribution in [1.82, 2.24) is 4.98 Å². The standard InChI is InChI=1S/C21H17NO3/c1-13-3-2-4-20-17(13)11-16(12-25-20)19-10-9-18(22-19)14-5-7-15(8-6-14)21(23)24/h2-13,22H,1H3,(H,23,24). The fourth-order valence-electron chi connectivity index (χ4n) is 3.04. The van der Waals surface area contributed by atoms with Gasteiger partial charge in [0.25, 0.3) is 0 Å². The molecule has 2 heterocycles. The molecular formula is C21H17NO3. The molecule has 0 fully saturated rings. The predicted molar refractivity (Wildman–Crippen MR) is 96.7 cm³/mol. The van der Waals surface area contributed by atoms with E-state index in [4.69, 9.17) is 9.84 Å². The Bertz CT molecular complexity index is 955. The van der Waals surface area contributed by atoms with Gasteiger partial charge in [0.05, 0.1) is 5.56 Å². The number of carboxylic acids is 1. The molecule has 4 nitrogen and oxygen atoms in total. The smallest absolute Gasteiger partial charge is 0.335 e. The first-order chi connectivity index (χ1) is 12.1. The van der Waals surface area contributed by atoms with Crippen molar-refractivity contribution in [2.75, 3.05) is 0 Å². The SMILES string of the molecule is CC1C=CC=C2OC=C(c3ccc(-c4ccc(C(=O)O)cc4)[nH]3)C=C21. The van der Waals surface area contributed by atoms with Gasteiger partial charge in [-0.15, -0.1) is 0 Å². The molecule has 1 aromatic heterocycles. The van der Waals surface area contributed by atoms with Crippen molar-refractivity contribution in [2.24, 2.45) is 5.92 Å². The third kappa shape index (κ3) is 2.83. The van der Waals surface area contributed by atoms with Gasteiger partial charge >= 0.3 is 5.97 Å². The number of aromatic carboxylic acids is 1. The molecule has 0 spiro atoms. The Hall–Kier alpha value is -3.27. The van der Waals surface area contributed by atoms with Crippen LogP contribution in [0.4, 0.5) is 0 Å². The van der Waals surface area contributed by atoms with Crippen LogP contribution in [0.15, 0.2) is 78.3 Å². The lowest BCUT2D eigenvalue weighted by molar-refractivity contribution is 0.0697. The van der Waals surface area contributed by atoms with Crippen molar-refractivity contribution in [3.8, 4) is 11.3 Å². The van der Waals surface area contributed by atoms with E-state index in [9.17, 15) is 4.79 Å². The third-order valence-electron chi connectivity index (χ3n) is 4.49. The first-order valence-electron chi connectivity index (χ1n) is 8.12. The summed E-state index contributed by atoms with van der Waals surface area (Å²) in [5.74, 6) is 0.297. The average Bonchev–Trinajstić information content (AvgIpc) is 3.12. The summed E-state index contributed by atoms with van der Waals surface area (Å²) in [7, 11) is 0. The topological polar surface area (TPSA) is 62.3 Å². The van der Waals surface area contributed by atoms with Crippen LogP contribution >= 0.6 is 0 Å². The van der Waals surface area contributed by atoms with Crippen LogP contribution in [0.2, 0.25) is 0 Å². The van der Waals surface area contributed by atoms with Crippen LogP contribution in [0.5, 0.6) is 0 Å². The van der Waals surface area contributed by atoms with Crippen LogP contribution < -0.4 is 0 Å². The van der Waals surface area contributed by atoms with Crippen LogP contribution in [-0.4, -0.2) is 16.1 Å². The Morgan fingerprint density at radius 3 is 2.64 bits per heavy atom. The molecule has 1 atom stereocenters. The largest absolute Gasteiger partial charge is 0.478 e. The second-order valence-electron chi connectivity index (χ2n) is 6.16. The number of H-pyrrole nitrogens is 1. The van der Waals surface area contributed by atoms with Gasteiger partial charge in [0.15, 0.2) is 0 Å². The molecule has 25 heavy (non-hydrogen) atoms. The van der Waals surface area contributed by atoms with Gasteiger partial charge in [0.1, 0.15) is 12.0 Å². The van der Waals surface area contributed by atoms with Gasteiger partial charge in [-0.05, 0) is 42.0 Å². The first-order valence-corrected chi connectivity index (χ1v) is 8.12. The Morgan fingerprint density at radius 1 is 1.12 bits per heavy atom. The highest BCUT2D eigenvalue weighted by atomic mass is 16.5. The van der Waals surface area contributed by atoms with E-state index in [0.717, 1.165) is 28.3 Å². The maximum absolute atomic E-state index is 11.0. The van der Waals surface area contributed by atoms with Gasteiger partial charge in [-0.25, -0.2) is 4.79 Å². The summed E-state index contributed by atoms with van der Waals surface area (Å²) in [5, 5.41) is 8.99. The molecule has 2 aliphatic rings. The van der Waals surface area contributed by atoms with Gasteiger partial charge in [-0.3, -0.25) is 0 Å². The van der Waals surface area contributed by atoms with Crippen molar-refractivity contribution in [3.05, 3.63) is 89.6 Å². The van der Waals surface area contributed by atoms with Crippen LogP contribution in [0, 0.1) is 5.92 Å². The molecule has 4 rings (SSSR count). The number of allylic oxidation sites excluding steroid dienone is 6. The molecule has 1 aliphatic carbocycles. The Balaban J connectivity index is 1.62. The molecule has 0 amide bonds. The molecule has 2 N–H and O–H groups in total. The molecule has 0 saturated heterocycles. The van der Waals surface area contributed by atoms with E-state index in [2.05, 4.69) is 24.1 Å². The van der Waals surface area contributed by atoms with E-state index in [-0.39, 0.29) is 5.56 Å². The second kappa shape index (κ2) is 5.98. The summed E-state index contributed by atoms with van der Waals surface area (Å²) >= 11 is 0. The fraction of sp³-hybridized carbons (Fsp3) is 0.0952. The zero-order chi connectivity index (χ0) is 17.4. The number of rotatable bonds is 3.